The second-order valence-corrected chi connectivity index (χ2v) is 4.23. The van der Waals surface area contributed by atoms with E-state index in [-0.39, 0.29) is 12.1 Å². The van der Waals surface area contributed by atoms with Crippen LogP contribution in [-0.4, -0.2) is 29.1 Å². The molecule has 19 heavy (non-hydrogen) atoms. The van der Waals surface area contributed by atoms with E-state index in [1.54, 1.807) is 0 Å². The summed E-state index contributed by atoms with van der Waals surface area (Å²) >= 11 is 0. The van der Waals surface area contributed by atoms with E-state index in [1.165, 1.54) is 18.9 Å². The van der Waals surface area contributed by atoms with Crippen LogP contribution in [0.4, 0.5) is 17.6 Å². The Kier molecular flexibility index (Phi) is 4.52. The van der Waals surface area contributed by atoms with Gasteiger partial charge in [-0.05, 0) is 32.2 Å². The molecule has 0 aliphatic heterocycles. The van der Waals surface area contributed by atoms with Gasteiger partial charge in [-0.3, -0.25) is 9.69 Å². The average Bonchev–Trinajstić information content (AvgIpc) is 2.29. The number of likely N-dealkylation sites (N-methyl/N-ethyl adjacent to an activating group) is 1. The highest BCUT2D eigenvalue weighted by Gasteiger charge is 2.31. The van der Waals surface area contributed by atoms with Crippen LogP contribution >= 0.6 is 0 Å². The van der Waals surface area contributed by atoms with Gasteiger partial charge in [-0.2, -0.15) is 13.2 Å². The summed E-state index contributed by atoms with van der Waals surface area (Å²) in [6.07, 6.45) is -4.56. The molecule has 1 unspecified atom stereocenters. The van der Waals surface area contributed by atoms with Crippen molar-refractivity contribution in [1.82, 2.24) is 4.90 Å². The molecular formula is C12H13F4NO2. The number of nitrogens with zero attached hydrogens (tertiary/aromatic N) is 1. The Morgan fingerprint density at radius 1 is 1.42 bits per heavy atom. The Morgan fingerprint density at radius 3 is 2.47 bits per heavy atom. The molecule has 1 rings (SSSR count). The van der Waals surface area contributed by atoms with Gasteiger partial charge in [-0.15, -0.1) is 0 Å². The molecule has 0 bridgehead atoms. The molecule has 0 aliphatic carbocycles. The summed E-state index contributed by atoms with van der Waals surface area (Å²) in [6.45, 7) is 1.15. The Bertz CT molecular complexity index is 473. The molecule has 0 radical (unpaired) electrons. The molecule has 0 saturated carbocycles. The summed E-state index contributed by atoms with van der Waals surface area (Å²) in [5.41, 5.74) is -1.15. The van der Waals surface area contributed by atoms with Crippen molar-refractivity contribution in [3.05, 3.63) is 35.1 Å². The predicted molar refractivity (Wildman–Crippen MR) is 60.0 cm³/mol. The van der Waals surface area contributed by atoms with Crippen LogP contribution in [0.5, 0.6) is 0 Å². The lowest BCUT2D eigenvalue weighted by Gasteiger charge is -2.21. The number of carboxylic acids is 1. The molecule has 0 amide bonds. The summed E-state index contributed by atoms with van der Waals surface area (Å²) in [7, 11) is 1.40. The third kappa shape index (κ3) is 3.92. The molecule has 1 aromatic rings. The summed E-state index contributed by atoms with van der Waals surface area (Å²) in [4.78, 5) is 12.0. The number of hydrogen-bond acceptors (Lipinski definition) is 2. The van der Waals surface area contributed by atoms with Gasteiger partial charge < -0.3 is 5.11 Å². The fraction of sp³-hybridized carbons (Fsp3) is 0.417. The quantitative estimate of drug-likeness (QED) is 0.861. The minimum atomic E-state index is -4.56. The van der Waals surface area contributed by atoms with Gasteiger partial charge in [0, 0.05) is 12.1 Å². The van der Waals surface area contributed by atoms with Crippen LogP contribution in [-0.2, 0) is 17.5 Å². The molecule has 0 aliphatic rings. The zero-order valence-electron chi connectivity index (χ0n) is 10.3. The summed E-state index contributed by atoms with van der Waals surface area (Å²) in [5.74, 6) is -1.92. The molecule has 0 fully saturated rings. The van der Waals surface area contributed by atoms with Crippen LogP contribution in [0.1, 0.15) is 18.1 Å². The van der Waals surface area contributed by atoms with Crippen LogP contribution in [0.2, 0.25) is 0 Å². The predicted octanol–water partition coefficient (Wildman–Crippen LogP) is 2.75. The van der Waals surface area contributed by atoms with E-state index in [9.17, 15) is 22.4 Å². The van der Waals surface area contributed by atoms with Crippen LogP contribution < -0.4 is 0 Å². The molecular weight excluding hydrogens is 266 g/mol. The highest BCUT2D eigenvalue weighted by Crippen LogP contribution is 2.30. The van der Waals surface area contributed by atoms with Crippen molar-refractivity contribution in [3.63, 3.8) is 0 Å². The maximum atomic E-state index is 13.4. The number of halogens is 4. The molecule has 3 nitrogen and oxygen atoms in total. The fourth-order valence-corrected chi connectivity index (χ4v) is 1.47. The lowest BCUT2D eigenvalue weighted by Crippen LogP contribution is -2.35. The van der Waals surface area contributed by atoms with E-state index in [4.69, 9.17) is 5.11 Å². The van der Waals surface area contributed by atoms with E-state index < -0.39 is 29.6 Å². The van der Waals surface area contributed by atoms with Crippen molar-refractivity contribution >= 4 is 5.97 Å². The van der Waals surface area contributed by atoms with Crippen molar-refractivity contribution in [1.29, 1.82) is 0 Å². The van der Waals surface area contributed by atoms with E-state index in [0.29, 0.717) is 12.1 Å². The maximum Gasteiger partial charge on any atom is 0.416 e. The second kappa shape index (κ2) is 5.56. The molecule has 0 heterocycles. The molecule has 7 heteroatoms. The summed E-state index contributed by atoms with van der Waals surface area (Å²) in [5, 5.41) is 8.77. The largest absolute Gasteiger partial charge is 0.480 e. The van der Waals surface area contributed by atoms with Crippen molar-refractivity contribution in [2.24, 2.45) is 0 Å². The first-order valence-electron chi connectivity index (χ1n) is 5.41. The van der Waals surface area contributed by atoms with Crippen LogP contribution in [0, 0.1) is 5.82 Å². The minimum Gasteiger partial charge on any atom is -0.480 e. The number of hydrogen-bond donors (Lipinski definition) is 1. The molecule has 106 valence electrons. The summed E-state index contributed by atoms with van der Waals surface area (Å²) < 4.78 is 50.9. The first kappa shape index (κ1) is 15.4. The van der Waals surface area contributed by atoms with Crippen molar-refractivity contribution in [3.8, 4) is 0 Å². The smallest absolute Gasteiger partial charge is 0.416 e. The third-order valence-corrected chi connectivity index (χ3v) is 2.81. The van der Waals surface area contributed by atoms with E-state index >= 15 is 0 Å². The Balaban J connectivity index is 2.98. The van der Waals surface area contributed by atoms with Gasteiger partial charge in [-0.1, -0.05) is 0 Å². The van der Waals surface area contributed by atoms with Gasteiger partial charge in [0.15, 0.2) is 0 Å². The fourth-order valence-electron chi connectivity index (χ4n) is 1.47. The van der Waals surface area contributed by atoms with Crippen molar-refractivity contribution in [2.75, 3.05) is 7.05 Å². The SMILES string of the molecule is CC(C(=O)O)N(C)Cc1cc(C(F)(F)F)ccc1F. The zero-order valence-corrected chi connectivity index (χ0v) is 10.3. The number of carboxylic acid groups (broad SMARTS) is 1. The van der Waals surface area contributed by atoms with E-state index in [1.807, 2.05) is 0 Å². The number of alkyl halides is 3. The van der Waals surface area contributed by atoms with Crippen LogP contribution in [0.25, 0.3) is 0 Å². The van der Waals surface area contributed by atoms with E-state index in [2.05, 4.69) is 0 Å². The molecule has 1 atom stereocenters. The Hall–Kier alpha value is -1.63. The van der Waals surface area contributed by atoms with E-state index in [0.717, 1.165) is 6.07 Å². The molecule has 0 aromatic heterocycles. The van der Waals surface area contributed by atoms with Gasteiger partial charge in [-0.25, -0.2) is 4.39 Å². The first-order chi connectivity index (χ1) is 8.62. The van der Waals surface area contributed by atoms with Gasteiger partial charge in [0.2, 0.25) is 0 Å². The Labute approximate surface area is 107 Å². The summed E-state index contributed by atoms with van der Waals surface area (Å²) in [6, 6.07) is 1.16. The highest BCUT2D eigenvalue weighted by molar-refractivity contribution is 5.72. The topological polar surface area (TPSA) is 40.5 Å². The van der Waals surface area contributed by atoms with Gasteiger partial charge in [0.25, 0.3) is 0 Å². The highest BCUT2D eigenvalue weighted by atomic mass is 19.4. The number of carbonyl (C=O) groups is 1. The standard InChI is InChI=1S/C12H13F4NO2/c1-7(11(18)19)17(2)6-8-5-9(12(14,15)16)3-4-10(8)13/h3-5,7H,6H2,1-2H3,(H,18,19). The average molecular weight is 279 g/mol. The molecule has 0 spiro atoms. The van der Waals surface area contributed by atoms with Crippen LogP contribution in [0.15, 0.2) is 18.2 Å². The first-order valence-corrected chi connectivity index (χ1v) is 5.41. The zero-order chi connectivity index (χ0) is 14.8. The van der Waals surface area contributed by atoms with Gasteiger partial charge in [0.05, 0.1) is 5.56 Å². The minimum absolute atomic E-state index is 0.189. The maximum absolute atomic E-state index is 13.4. The van der Waals surface area contributed by atoms with Gasteiger partial charge >= 0.3 is 12.1 Å². The number of rotatable bonds is 4. The number of aliphatic carboxylic acids is 1. The number of benzene rings is 1. The lowest BCUT2D eigenvalue weighted by molar-refractivity contribution is -0.142. The second-order valence-electron chi connectivity index (χ2n) is 4.23. The third-order valence-electron chi connectivity index (χ3n) is 2.81. The van der Waals surface area contributed by atoms with Gasteiger partial charge in [0.1, 0.15) is 11.9 Å². The monoisotopic (exact) mass is 279 g/mol. The molecule has 0 saturated heterocycles. The van der Waals surface area contributed by atoms with Crippen molar-refractivity contribution in [2.45, 2.75) is 25.7 Å². The van der Waals surface area contributed by atoms with Crippen LogP contribution in [0.3, 0.4) is 0 Å². The van der Waals surface area contributed by atoms with Crippen molar-refractivity contribution < 1.29 is 27.5 Å². The normalized spacial score (nSPS) is 13.6. The molecule has 1 N–H and O–H groups in total. The lowest BCUT2D eigenvalue weighted by atomic mass is 10.1. The Morgan fingerprint density at radius 2 is 2.00 bits per heavy atom. The molecule has 1 aromatic carbocycles.